The molecule has 0 aliphatic heterocycles. The van der Waals surface area contributed by atoms with Crippen LogP contribution < -0.4 is 0 Å². The number of allylic oxidation sites excluding steroid dienone is 1. The van der Waals surface area contributed by atoms with Crippen LogP contribution in [0.2, 0.25) is 0 Å². The Labute approximate surface area is 106 Å². The van der Waals surface area contributed by atoms with E-state index in [0.29, 0.717) is 0 Å². The van der Waals surface area contributed by atoms with Crippen LogP contribution in [0.4, 0.5) is 0 Å². The van der Waals surface area contributed by atoms with Crippen molar-refractivity contribution in [2.45, 2.75) is 0 Å². The van der Waals surface area contributed by atoms with Crippen molar-refractivity contribution in [1.29, 1.82) is 0 Å². The molecule has 16 heavy (non-hydrogen) atoms. The van der Waals surface area contributed by atoms with Crippen molar-refractivity contribution >= 4 is 39.1 Å². The molecular formula is C12H8BrNOS. The van der Waals surface area contributed by atoms with E-state index in [2.05, 4.69) is 20.9 Å². The molecule has 0 saturated carbocycles. The van der Waals surface area contributed by atoms with Crippen molar-refractivity contribution in [1.82, 2.24) is 4.98 Å². The molecule has 80 valence electrons. The number of rotatable bonds is 3. The SMILES string of the molecule is O=C(/C=C/c1ccncc1)c1cc(Br)cs1. The summed E-state index contributed by atoms with van der Waals surface area (Å²) >= 11 is 4.76. The van der Waals surface area contributed by atoms with Gasteiger partial charge in [0, 0.05) is 22.2 Å². The smallest absolute Gasteiger partial charge is 0.195 e. The molecule has 0 bridgehead atoms. The van der Waals surface area contributed by atoms with Crippen LogP contribution in [0, 0.1) is 0 Å². The Kier molecular flexibility index (Phi) is 3.64. The van der Waals surface area contributed by atoms with E-state index in [1.165, 1.54) is 11.3 Å². The summed E-state index contributed by atoms with van der Waals surface area (Å²) in [7, 11) is 0. The van der Waals surface area contributed by atoms with Gasteiger partial charge in [-0.1, -0.05) is 6.08 Å². The predicted octanol–water partition coefficient (Wildman–Crippen LogP) is 3.80. The third-order valence-electron chi connectivity index (χ3n) is 1.94. The van der Waals surface area contributed by atoms with E-state index >= 15 is 0 Å². The zero-order valence-corrected chi connectivity index (χ0v) is 10.7. The molecular weight excluding hydrogens is 286 g/mol. The molecule has 2 nitrogen and oxygen atoms in total. The first-order chi connectivity index (χ1) is 7.75. The summed E-state index contributed by atoms with van der Waals surface area (Å²) in [5, 5.41) is 1.90. The molecule has 0 saturated heterocycles. The second-order valence-corrected chi connectivity index (χ2v) is 4.93. The average molecular weight is 294 g/mol. The topological polar surface area (TPSA) is 30.0 Å². The Morgan fingerprint density at radius 1 is 1.38 bits per heavy atom. The molecule has 0 spiro atoms. The predicted molar refractivity (Wildman–Crippen MR) is 69.6 cm³/mol. The van der Waals surface area contributed by atoms with Gasteiger partial charge in [-0.3, -0.25) is 9.78 Å². The van der Waals surface area contributed by atoms with Gasteiger partial charge in [-0.2, -0.15) is 0 Å². The third kappa shape index (κ3) is 2.87. The number of hydrogen-bond donors (Lipinski definition) is 0. The summed E-state index contributed by atoms with van der Waals surface area (Å²) in [6, 6.07) is 5.53. The molecule has 0 aromatic carbocycles. The molecule has 0 aliphatic rings. The summed E-state index contributed by atoms with van der Waals surface area (Å²) in [5.74, 6) is 0.0208. The number of ketones is 1. The second kappa shape index (κ2) is 5.18. The molecule has 2 aromatic heterocycles. The van der Waals surface area contributed by atoms with Gasteiger partial charge in [-0.25, -0.2) is 0 Å². The highest BCUT2D eigenvalue weighted by molar-refractivity contribution is 9.10. The lowest BCUT2D eigenvalue weighted by atomic mass is 10.2. The lowest BCUT2D eigenvalue weighted by molar-refractivity contribution is 0.105. The molecule has 0 aliphatic carbocycles. The van der Waals surface area contributed by atoms with E-state index in [4.69, 9.17) is 0 Å². The van der Waals surface area contributed by atoms with Crippen LogP contribution in [-0.4, -0.2) is 10.8 Å². The maximum absolute atomic E-state index is 11.7. The van der Waals surface area contributed by atoms with E-state index < -0.39 is 0 Å². The fraction of sp³-hybridized carbons (Fsp3) is 0. The third-order valence-corrected chi connectivity index (χ3v) is 3.65. The molecule has 2 heterocycles. The Morgan fingerprint density at radius 2 is 2.12 bits per heavy atom. The van der Waals surface area contributed by atoms with Crippen LogP contribution >= 0.6 is 27.3 Å². The Hall–Kier alpha value is -1.26. The Morgan fingerprint density at radius 3 is 2.75 bits per heavy atom. The summed E-state index contributed by atoms with van der Waals surface area (Å²) in [5.41, 5.74) is 0.971. The second-order valence-electron chi connectivity index (χ2n) is 3.11. The van der Waals surface area contributed by atoms with Crippen molar-refractivity contribution in [3.05, 3.63) is 57.0 Å². The molecule has 0 radical (unpaired) electrons. The van der Waals surface area contributed by atoms with Crippen LogP contribution in [0.5, 0.6) is 0 Å². The van der Waals surface area contributed by atoms with Gasteiger partial charge in [0.15, 0.2) is 5.78 Å². The monoisotopic (exact) mass is 293 g/mol. The quantitative estimate of drug-likeness (QED) is 0.636. The van der Waals surface area contributed by atoms with Gasteiger partial charge in [0.2, 0.25) is 0 Å². The van der Waals surface area contributed by atoms with Crippen molar-refractivity contribution in [3.8, 4) is 0 Å². The Bertz CT molecular complexity index is 519. The number of nitrogens with zero attached hydrogens (tertiary/aromatic N) is 1. The van der Waals surface area contributed by atoms with Crippen LogP contribution in [0.1, 0.15) is 15.2 Å². The van der Waals surface area contributed by atoms with Gasteiger partial charge in [0.05, 0.1) is 4.88 Å². The molecule has 0 fully saturated rings. The lowest BCUT2D eigenvalue weighted by Gasteiger charge is -1.90. The van der Waals surface area contributed by atoms with Crippen molar-refractivity contribution in [3.63, 3.8) is 0 Å². The highest BCUT2D eigenvalue weighted by Gasteiger charge is 2.04. The first kappa shape index (κ1) is 11.2. The molecule has 2 rings (SSSR count). The summed E-state index contributed by atoms with van der Waals surface area (Å²) in [4.78, 5) is 16.4. The van der Waals surface area contributed by atoms with Gasteiger partial charge >= 0.3 is 0 Å². The lowest BCUT2D eigenvalue weighted by Crippen LogP contribution is -1.88. The zero-order chi connectivity index (χ0) is 11.4. The van der Waals surface area contributed by atoms with Crippen LogP contribution in [0.25, 0.3) is 6.08 Å². The van der Waals surface area contributed by atoms with Crippen molar-refractivity contribution < 1.29 is 4.79 Å². The van der Waals surface area contributed by atoms with Crippen LogP contribution in [-0.2, 0) is 0 Å². The van der Waals surface area contributed by atoms with Crippen molar-refractivity contribution in [2.24, 2.45) is 0 Å². The first-order valence-electron chi connectivity index (χ1n) is 4.62. The molecule has 0 amide bonds. The summed E-state index contributed by atoms with van der Waals surface area (Å²) in [6.07, 6.45) is 6.77. The summed E-state index contributed by atoms with van der Waals surface area (Å²) in [6.45, 7) is 0. The van der Waals surface area contributed by atoms with Crippen molar-refractivity contribution in [2.75, 3.05) is 0 Å². The largest absolute Gasteiger partial charge is 0.288 e. The number of thiophene rings is 1. The standard InChI is InChI=1S/C12H8BrNOS/c13-10-7-12(16-8-10)11(15)2-1-9-3-5-14-6-4-9/h1-8H/b2-1+. The van der Waals surface area contributed by atoms with E-state index in [0.717, 1.165) is 14.9 Å². The fourth-order valence-corrected chi connectivity index (χ4v) is 2.52. The van der Waals surface area contributed by atoms with Gasteiger partial charge in [0.1, 0.15) is 0 Å². The molecule has 4 heteroatoms. The van der Waals surface area contributed by atoms with Gasteiger partial charge in [-0.05, 0) is 45.8 Å². The number of pyridine rings is 1. The first-order valence-corrected chi connectivity index (χ1v) is 6.29. The van der Waals surface area contributed by atoms with E-state index in [1.54, 1.807) is 24.5 Å². The minimum Gasteiger partial charge on any atom is -0.288 e. The normalized spacial score (nSPS) is 10.8. The number of hydrogen-bond acceptors (Lipinski definition) is 3. The summed E-state index contributed by atoms with van der Waals surface area (Å²) < 4.78 is 0.943. The van der Waals surface area contributed by atoms with Crippen LogP contribution in [0.3, 0.4) is 0 Å². The molecule has 2 aromatic rings. The van der Waals surface area contributed by atoms with E-state index in [1.807, 2.05) is 23.6 Å². The van der Waals surface area contributed by atoms with E-state index in [-0.39, 0.29) is 5.78 Å². The highest BCUT2D eigenvalue weighted by Crippen LogP contribution is 2.20. The van der Waals surface area contributed by atoms with Gasteiger partial charge in [-0.15, -0.1) is 11.3 Å². The number of carbonyl (C=O) groups excluding carboxylic acids is 1. The minimum atomic E-state index is 0.0208. The van der Waals surface area contributed by atoms with Gasteiger partial charge < -0.3 is 0 Å². The van der Waals surface area contributed by atoms with E-state index in [9.17, 15) is 4.79 Å². The molecule has 0 N–H and O–H groups in total. The number of carbonyl (C=O) groups is 1. The maximum Gasteiger partial charge on any atom is 0.195 e. The highest BCUT2D eigenvalue weighted by atomic mass is 79.9. The maximum atomic E-state index is 11.7. The number of aromatic nitrogens is 1. The molecule has 0 atom stereocenters. The average Bonchev–Trinajstić information content (AvgIpc) is 2.74. The Balaban J connectivity index is 2.11. The number of halogens is 1. The fourth-order valence-electron chi connectivity index (χ4n) is 1.17. The minimum absolute atomic E-state index is 0.0208. The van der Waals surface area contributed by atoms with Crippen LogP contribution in [0.15, 0.2) is 46.5 Å². The molecule has 0 unspecified atom stereocenters. The zero-order valence-electron chi connectivity index (χ0n) is 8.26. The van der Waals surface area contributed by atoms with Gasteiger partial charge in [0.25, 0.3) is 0 Å².